The van der Waals surface area contributed by atoms with Crippen molar-refractivity contribution in [1.82, 2.24) is 14.8 Å². The number of methoxy groups -OCH3 is 1. The number of aryl methyl sites for hydroxylation is 1. The van der Waals surface area contributed by atoms with E-state index < -0.39 is 4.92 Å². The van der Waals surface area contributed by atoms with Crippen molar-refractivity contribution in [3.8, 4) is 5.88 Å². The van der Waals surface area contributed by atoms with Gasteiger partial charge in [-0.2, -0.15) is 5.10 Å². The molecule has 8 heteroatoms. The van der Waals surface area contributed by atoms with E-state index in [1.165, 1.54) is 11.8 Å². The van der Waals surface area contributed by atoms with Gasteiger partial charge in [-0.1, -0.05) is 6.07 Å². The number of anilines is 1. The van der Waals surface area contributed by atoms with Crippen LogP contribution in [-0.4, -0.2) is 26.8 Å². The first-order valence-corrected chi connectivity index (χ1v) is 5.50. The van der Waals surface area contributed by atoms with Crippen LogP contribution >= 0.6 is 0 Å². The zero-order chi connectivity index (χ0) is 14.0. The van der Waals surface area contributed by atoms with Crippen molar-refractivity contribution in [3.05, 3.63) is 39.7 Å². The van der Waals surface area contributed by atoms with Gasteiger partial charge >= 0.3 is 5.69 Å². The summed E-state index contributed by atoms with van der Waals surface area (Å²) in [5.41, 5.74) is 6.50. The molecule has 0 aliphatic heterocycles. The van der Waals surface area contributed by atoms with Crippen molar-refractivity contribution in [2.24, 2.45) is 0 Å². The number of pyridine rings is 1. The molecule has 2 aromatic heterocycles. The molecule has 0 bridgehead atoms. The summed E-state index contributed by atoms with van der Waals surface area (Å²) in [5, 5.41) is 14.9. The lowest BCUT2D eigenvalue weighted by molar-refractivity contribution is -0.384. The monoisotopic (exact) mass is 263 g/mol. The third-order valence-corrected chi connectivity index (χ3v) is 2.62. The molecule has 19 heavy (non-hydrogen) atoms. The highest BCUT2D eigenvalue weighted by Crippen LogP contribution is 2.25. The summed E-state index contributed by atoms with van der Waals surface area (Å²) in [5.74, 6) is 0.488. The maximum Gasteiger partial charge on any atom is 0.333 e. The van der Waals surface area contributed by atoms with Crippen LogP contribution in [-0.2, 0) is 6.54 Å². The number of nitrogens with zero attached hydrogens (tertiary/aromatic N) is 4. The molecule has 2 heterocycles. The number of nitro groups is 1. The molecule has 0 saturated heterocycles. The molecule has 0 aliphatic carbocycles. The first-order chi connectivity index (χ1) is 9.02. The summed E-state index contributed by atoms with van der Waals surface area (Å²) in [6, 6.07) is 5.26. The Morgan fingerprint density at radius 1 is 1.53 bits per heavy atom. The van der Waals surface area contributed by atoms with E-state index in [1.54, 1.807) is 25.1 Å². The van der Waals surface area contributed by atoms with Crippen LogP contribution in [0.15, 0.2) is 18.2 Å². The molecule has 0 atom stereocenters. The van der Waals surface area contributed by atoms with Gasteiger partial charge in [-0.25, -0.2) is 9.67 Å². The smallest absolute Gasteiger partial charge is 0.333 e. The van der Waals surface area contributed by atoms with Gasteiger partial charge in [0.05, 0.1) is 24.3 Å². The maximum absolute atomic E-state index is 10.8. The fourth-order valence-corrected chi connectivity index (χ4v) is 1.75. The number of nitrogens with two attached hydrogens (primary N) is 1. The van der Waals surface area contributed by atoms with E-state index in [2.05, 4.69) is 10.1 Å². The Morgan fingerprint density at radius 3 is 2.84 bits per heavy atom. The minimum atomic E-state index is -0.535. The van der Waals surface area contributed by atoms with Gasteiger partial charge in [0.1, 0.15) is 5.69 Å². The molecule has 0 unspecified atom stereocenters. The molecule has 0 aliphatic rings. The molecule has 0 amide bonds. The first-order valence-electron chi connectivity index (χ1n) is 5.50. The van der Waals surface area contributed by atoms with Crippen LogP contribution in [0.4, 0.5) is 11.5 Å². The normalized spacial score (nSPS) is 10.4. The minimum absolute atomic E-state index is 0.0205. The molecule has 0 saturated carbocycles. The van der Waals surface area contributed by atoms with E-state index in [9.17, 15) is 10.1 Å². The number of aromatic nitrogens is 3. The zero-order valence-electron chi connectivity index (χ0n) is 10.5. The number of hydrogen-bond donors (Lipinski definition) is 1. The fraction of sp³-hybridized carbons (Fsp3) is 0.273. The van der Waals surface area contributed by atoms with Crippen LogP contribution < -0.4 is 10.5 Å². The Labute approximate surface area is 109 Å². The van der Waals surface area contributed by atoms with Gasteiger partial charge in [0.25, 0.3) is 0 Å². The molecule has 0 aromatic carbocycles. The molecule has 0 radical (unpaired) electrons. The number of rotatable bonds is 4. The van der Waals surface area contributed by atoms with E-state index in [0.29, 0.717) is 11.6 Å². The van der Waals surface area contributed by atoms with Gasteiger partial charge in [-0.15, -0.1) is 0 Å². The number of hydrogen-bond acceptors (Lipinski definition) is 6. The van der Waals surface area contributed by atoms with Crippen LogP contribution in [0.1, 0.15) is 11.4 Å². The second-order valence-electron chi connectivity index (χ2n) is 3.91. The largest absolute Gasteiger partial charge is 0.481 e. The van der Waals surface area contributed by atoms with E-state index in [0.717, 1.165) is 0 Å². The third-order valence-electron chi connectivity index (χ3n) is 2.62. The predicted molar refractivity (Wildman–Crippen MR) is 67.9 cm³/mol. The van der Waals surface area contributed by atoms with Crippen LogP contribution in [0.25, 0.3) is 0 Å². The van der Waals surface area contributed by atoms with Gasteiger partial charge in [-0.05, 0) is 13.0 Å². The highest BCUT2D eigenvalue weighted by Gasteiger charge is 2.23. The lowest BCUT2D eigenvalue weighted by atomic mass is 10.3. The molecular formula is C11H13N5O3. The average molecular weight is 263 g/mol. The van der Waals surface area contributed by atoms with Crippen molar-refractivity contribution < 1.29 is 9.66 Å². The Balaban J connectivity index is 2.33. The van der Waals surface area contributed by atoms with Gasteiger partial charge < -0.3 is 10.5 Å². The van der Waals surface area contributed by atoms with Crippen molar-refractivity contribution in [2.75, 3.05) is 12.8 Å². The molecule has 8 nitrogen and oxygen atoms in total. The number of ether oxygens (including phenoxy) is 1. The van der Waals surface area contributed by atoms with Crippen molar-refractivity contribution >= 4 is 11.5 Å². The second kappa shape index (κ2) is 4.92. The first kappa shape index (κ1) is 12.8. The fourth-order valence-electron chi connectivity index (χ4n) is 1.75. The van der Waals surface area contributed by atoms with Crippen LogP contribution in [0.5, 0.6) is 5.88 Å². The lowest BCUT2D eigenvalue weighted by Gasteiger charge is -2.04. The molecular weight excluding hydrogens is 250 g/mol. The van der Waals surface area contributed by atoms with E-state index in [1.807, 2.05) is 0 Å². The summed E-state index contributed by atoms with van der Waals surface area (Å²) in [6.07, 6.45) is 0. The Kier molecular flexibility index (Phi) is 3.32. The summed E-state index contributed by atoms with van der Waals surface area (Å²) in [4.78, 5) is 14.5. The second-order valence-corrected chi connectivity index (χ2v) is 3.91. The molecule has 0 fully saturated rings. The highest BCUT2D eigenvalue weighted by atomic mass is 16.6. The average Bonchev–Trinajstić information content (AvgIpc) is 2.64. The molecule has 0 spiro atoms. The summed E-state index contributed by atoms with van der Waals surface area (Å²) >= 11 is 0. The van der Waals surface area contributed by atoms with Crippen LogP contribution in [0.3, 0.4) is 0 Å². The quantitative estimate of drug-likeness (QED) is 0.654. The SMILES string of the molecule is COc1cccc(Cn2nc(C)c([N+](=O)[O-])c2N)n1. The van der Waals surface area contributed by atoms with Crippen molar-refractivity contribution in [3.63, 3.8) is 0 Å². The zero-order valence-corrected chi connectivity index (χ0v) is 10.5. The minimum Gasteiger partial charge on any atom is -0.481 e. The highest BCUT2D eigenvalue weighted by molar-refractivity contribution is 5.56. The van der Waals surface area contributed by atoms with E-state index >= 15 is 0 Å². The summed E-state index contributed by atoms with van der Waals surface area (Å²) in [7, 11) is 1.52. The third kappa shape index (κ3) is 2.46. The summed E-state index contributed by atoms with van der Waals surface area (Å²) in [6.45, 7) is 1.79. The Morgan fingerprint density at radius 2 is 2.26 bits per heavy atom. The Bertz CT molecular complexity index is 623. The van der Waals surface area contributed by atoms with Crippen molar-refractivity contribution in [2.45, 2.75) is 13.5 Å². The van der Waals surface area contributed by atoms with E-state index in [-0.39, 0.29) is 23.7 Å². The summed E-state index contributed by atoms with van der Waals surface area (Å²) < 4.78 is 6.37. The van der Waals surface area contributed by atoms with Gasteiger partial charge in [0.15, 0.2) is 0 Å². The standard InChI is InChI=1S/C11H13N5O3/c1-7-10(16(17)18)11(12)15(14-7)6-8-4-3-5-9(13-8)19-2/h3-5H,6,12H2,1-2H3. The van der Waals surface area contributed by atoms with Crippen LogP contribution in [0.2, 0.25) is 0 Å². The van der Waals surface area contributed by atoms with Gasteiger partial charge in [-0.3, -0.25) is 10.1 Å². The van der Waals surface area contributed by atoms with Crippen LogP contribution in [0, 0.1) is 17.0 Å². The maximum atomic E-state index is 10.8. The molecule has 2 N–H and O–H groups in total. The van der Waals surface area contributed by atoms with E-state index in [4.69, 9.17) is 10.5 Å². The topological polar surface area (TPSA) is 109 Å². The molecule has 100 valence electrons. The predicted octanol–water partition coefficient (Wildman–Crippen LogP) is 1.13. The van der Waals surface area contributed by atoms with Crippen molar-refractivity contribution in [1.29, 1.82) is 0 Å². The van der Waals surface area contributed by atoms with Gasteiger partial charge in [0.2, 0.25) is 11.7 Å². The van der Waals surface area contributed by atoms with Gasteiger partial charge in [0, 0.05) is 6.07 Å². The molecule has 2 aromatic rings. The lowest BCUT2D eigenvalue weighted by Crippen LogP contribution is -2.08. The molecule has 2 rings (SSSR count). The number of nitrogen functional groups attached to an aromatic ring is 1. The Hall–Kier alpha value is -2.64.